The van der Waals surface area contributed by atoms with Crippen LogP contribution < -0.4 is 17.0 Å². The number of rotatable bonds is 9. The molecule has 0 radical (unpaired) electrons. The number of hydrogen-bond acceptors (Lipinski definition) is 13. The summed E-state index contributed by atoms with van der Waals surface area (Å²) in [5.74, 6) is -0.957. The van der Waals surface area contributed by atoms with Crippen LogP contribution in [0.3, 0.4) is 0 Å². The van der Waals surface area contributed by atoms with Gasteiger partial charge in [0.2, 0.25) is 0 Å². The molecule has 1 unspecified atom stereocenters. The predicted molar refractivity (Wildman–Crippen MR) is 104 cm³/mol. The zero-order valence-electron chi connectivity index (χ0n) is 16.1. The van der Waals surface area contributed by atoms with Crippen molar-refractivity contribution in [2.75, 3.05) is 18.9 Å². The highest BCUT2D eigenvalue weighted by Gasteiger charge is 2.41. The Kier molecular flexibility index (Phi) is 7.08. The lowest BCUT2D eigenvalue weighted by Crippen LogP contribution is -2.40. The molecule has 0 bridgehead atoms. The number of esters is 1. The van der Waals surface area contributed by atoms with Crippen LogP contribution in [0.15, 0.2) is 12.7 Å². The fraction of sp³-hybridized carbons (Fsp3) is 0.538. The van der Waals surface area contributed by atoms with Crippen molar-refractivity contribution in [3.05, 3.63) is 12.7 Å². The number of nitrogen functional groups attached to an aromatic ring is 1. The third-order valence-corrected chi connectivity index (χ3v) is 5.26. The van der Waals surface area contributed by atoms with Gasteiger partial charge >= 0.3 is 24.1 Å². The Hall–Kier alpha value is -2.28. The lowest BCUT2D eigenvalue weighted by Gasteiger charge is -2.20. The summed E-state index contributed by atoms with van der Waals surface area (Å²) in [4.78, 5) is 33.4. The molecule has 0 aromatic carbocycles. The summed E-state index contributed by atoms with van der Waals surface area (Å²) in [6, 6.07) is -1.55. The van der Waals surface area contributed by atoms with E-state index in [0.29, 0.717) is 11.2 Å². The Labute approximate surface area is 180 Å². The number of nitrogens with zero attached hydrogens (tertiary/aromatic N) is 4. The number of imidazole rings is 1. The smallest absolute Gasteiger partial charge is 0.400 e. The van der Waals surface area contributed by atoms with Gasteiger partial charge in [0, 0.05) is 6.42 Å². The van der Waals surface area contributed by atoms with E-state index in [1.165, 1.54) is 17.2 Å². The first kappa shape index (κ1) is 24.4. The number of aromatic nitrogens is 4. The van der Waals surface area contributed by atoms with Crippen LogP contribution in [-0.2, 0) is 37.9 Å². The van der Waals surface area contributed by atoms with Gasteiger partial charge in [-0.25, -0.2) is 29.2 Å². The second-order valence-corrected chi connectivity index (χ2v) is 9.03. The molecule has 32 heavy (non-hydrogen) atoms. The molecule has 3 heterocycles. The molecule has 1 fully saturated rings. The minimum Gasteiger partial charge on any atom is -0.462 e. The molecule has 19 heteroatoms. The van der Waals surface area contributed by atoms with E-state index in [0.717, 1.165) is 0 Å². The highest BCUT2D eigenvalue weighted by atomic mass is 32.3. The van der Waals surface area contributed by atoms with Gasteiger partial charge < -0.3 is 25.8 Å². The summed E-state index contributed by atoms with van der Waals surface area (Å²) in [5.41, 5.74) is 16.9. The van der Waals surface area contributed by atoms with Crippen LogP contribution in [0.5, 0.6) is 0 Å². The molecule has 5 atom stereocenters. The molecule has 2 aromatic heterocycles. The normalized spacial score (nSPS) is 24.3. The first-order valence-electron chi connectivity index (χ1n) is 8.76. The summed E-state index contributed by atoms with van der Waals surface area (Å²) in [6.07, 6.45) is -0.385. The molecule has 17 nitrogen and oxygen atoms in total. The van der Waals surface area contributed by atoms with Gasteiger partial charge in [0.15, 0.2) is 11.5 Å². The Morgan fingerprint density at radius 2 is 2.12 bits per heavy atom. The van der Waals surface area contributed by atoms with E-state index in [9.17, 15) is 22.7 Å². The molecule has 3 rings (SSSR count). The number of nitrogens with two attached hydrogens (primary N) is 3. The summed E-state index contributed by atoms with van der Waals surface area (Å²) in [5, 5.41) is 0. The molecule has 0 saturated carbocycles. The molecule has 1 aliphatic heterocycles. The third-order valence-electron chi connectivity index (χ3n) is 4.25. The van der Waals surface area contributed by atoms with Crippen molar-refractivity contribution >= 4 is 41.1 Å². The Bertz CT molecular complexity index is 1140. The maximum absolute atomic E-state index is 12.0. The minimum atomic E-state index is -4.80. The maximum atomic E-state index is 12.0. The van der Waals surface area contributed by atoms with Crippen LogP contribution in [0.4, 0.5) is 5.82 Å². The van der Waals surface area contributed by atoms with Gasteiger partial charge in [-0.05, 0) is 0 Å². The first-order valence-corrected chi connectivity index (χ1v) is 11.8. The molecule has 1 saturated heterocycles. The Morgan fingerprint density at radius 3 is 2.78 bits per heavy atom. The van der Waals surface area contributed by atoms with E-state index < -0.39 is 61.8 Å². The summed E-state index contributed by atoms with van der Waals surface area (Å²) >= 11 is 0. The molecule has 8 N–H and O–H groups in total. The van der Waals surface area contributed by atoms with E-state index in [1.807, 2.05) is 0 Å². The van der Waals surface area contributed by atoms with E-state index in [-0.39, 0.29) is 12.2 Å². The SMILES string of the molecule is Nc1ncnc2c1ncn2[C@H]1C[C@H](OP(N)(=O)O)[C@@H](COC(=O)[C@@H](N)COS(=O)(=O)O)O1. The van der Waals surface area contributed by atoms with Crippen LogP contribution in [0.1, 0.15) is 12.6 Å². The lowest BCUT2D eigenvalue weighted by atomic mass is 10.2. The quantitative estimate of drug-likeness (QED) is 0.140. The van der Waals surface area contributed by atoms with Gasteiger partial charge in [-0.2, -0.15) is 8.42 Å². The minimum absolute atomic E-state index is 0.00272. The fourth-order valence-corrected chi connectivity index (χ4v) is 3.83. The van der Waals surface area contributed by atoms with Crippen molar-refractivity contribution in [2.24, 2.45) is 11.2 Å². The number of anilines is 1. The van der Waals surface area contributed by atoms with Crippen molar-refractivity contribution < 1.29 is 45.4 Å². The van der Waals surface area contributed by atoms with E-state index in [4.69, 9.17) is 35.5 Å². The lowest BCUT2D eigenvalue weighted by molar-refractivity contribution is -0.152. The first-order chi connectivity index (χ1) is 14.8. The molecule has 0 aliphatic carbocycles. The summed E-state index contributed by atoms with van der Waals surface area (Å²) < 4.78 is 62.4. The third kappa shape index (κ3) is 6.15. The fourth-order valence-electron chi connectivity index (χ4n) is 2.91. The second kappa shape index (κ2) is 9.30. The van der Waals surface area contributed by atoms with Gasteiger partial charge in [-0.3, -0.25) is 18.4 Å². The highest BCUT2D eigenvalue weighted by Crippen LogP contribution is 2.41. The molecule has 2 aromatic rings. The van der Waals surface area contributed by atoms with Crippen molar-refractivity contribution in [1.29, 1.82) is 0 Å². The van der Waals surface area contributed by atoms with Crippen LogP contribution in [0.2, 0.25) is 0 Å². The van der Waals surface area contributed by atoms with Gasteiger partial charge in [0.1, 0.15) is 42.9 Å². The molecular weight excluding hydrogens is 477 g/mol. The van der Waals surface area contributed by atoms with Crippen molar-refractivity contribution in [3.63, 3.8) is 0 Å². The van der Waals surface area contributed by atoms with Crippen LogP contribution in [-0.4, -0.2) is 74.8 Å². The van der Waals surface area contributed by atoms with E-state index >= 15 is 0 Å². The number of hydrogen-bond donors (Lipinski definition) is 5. The van der Waals surface area contributed by atoms with Crippen molar-refractivity contribution in [3.8, 4) is 0 Å². The number of fused-ring (bicyclic) bond motifs is 1. The molecule has 0 spiro atoms. The van der Waals surface area contributed by atoms with Crippen LogP contribution in [0, 0.1) is 0 Å². The topological polar surface area (TPSA) is 267 Å². The van der Waals surface area contributed by atoms with Gasteiger partial charge in [0.05, 0.1) is 12.9 Å². The van der Waals surface area contributed by atoms with Crippen molar-refractivity contribution in [2.45, 2.75) is 30.9 Å². The summed E-state index contributed by atoms with van der Waals surface area (Å²) in [6.45, 7) is -1.37. The van der Waals surface area contributed by atoms with E-state index in [1.54, 1.807) is 0 Å². The Balaban J connectivity index is 1.71. The maximum Gasteiger partial charge on any atom is 0.400 e. The van der Waals surface area contributed by atoms with Crippen LogP contribution >= 0.6 is 7.75 Å². The van der Waals surface area contributed by atoms with Crippen molar-refractivity contribution in [1.82, 2.24) is 19.5 Å². The molecule has 1 aliphatic rings. The average Bonchev–Trinajstić information content (AvgIpc) is 3.27. The molecule has 0 amide bonds. The predicted octanol–water partition coefficient (Wildman–Crippen LogP) is -2.17. The molecule has 178 valence electrons. The number of ether oxygens (including phenoxy) is 2. The summed E-state index contributed by atoms with van der Waals surface area (Å²) in [7, 11) is -9.24. The largest absolute Gasteiger partial charge is 0.462 e. The number of carbonyl (C=O) groups excluding carboxylic acids is 1. The standard InChI is InChI=1S/C13H20N7O10PS/c14-6(2-28-32(24,25)26)13(21)27-3-8-7(30-31(16,22)23)1-9(29-8)20-5-19-10-11(15)17-4-18-12(10)20/h4-9H,1-3,14H2,(H2,15,17,18)(H3,16,22,23)(H,24,25,26)/t6-,7-,8+,9+/m0/s1. The second-order valence-electron chi connectivity index (χ2n) is 6.60. The average molecular weight is 497 g/mol. The van der Waals surface area contributed by atoms with Gasteiger partial charge in [0.25, 0.3) is 0 Å². The van der Waals surface area contributed by atoms with Crippen LogP contribution in [0.25, 0.3) is 11.2 Å². The molecular formula is C13H20N7O10PS. The van der Waals surface area contributed by atoms with Gasteiger partial charge in [-0.1, -0.05) is 0 Å². The van der Waals surface area contributed by atoms with Gasteiger partial charge in [-0.15, -0.1) is 0 Å². The Morgan fingerprint density at radius 1 is 1.41 bits per heavy atom. The monoisotopic (exact) mass is 497 g/mol. The number of carbonyl (C=O) groups is 1. The zero-order valence-corrected chi connectivity index (χ0v) is 17.8. The van der Waals surface area contributed by atoms with E-state index in [2.05, 4.69) is 19.1 Å². The zero-order chi connectivity index (χ0) is 23.7. The highest BCUT2D eigenvalue weighted by molar-refractivity contribution is 7.80.